The van der Waals surface area contributed by atoms with Crippen molar-refractivity contribution in [2.24, 2.45) is 9.98 Å². The van der Waals surface area contributed by atoms with Crippen molar-refractivity contribution in [1.29, 1.82) is 5.26 Å². The zero-order valence-electron chi connectivity index (χ0n) is 15.4. The molecule has 146 valence electrons. The number of thiophene rings is 1. The Morgan fingerprint density at radius 2 is 2.14 bits per heavy atom. The van der Waals surface area contributed by atoms with Crippen molar-refractivity contribution in [2.45, 2.75) is 25.4 Å². The number of nitrogens with one attached hydrogen (secondary N) is 1. The Bertz CT molecular complexity index is 1040. The zero-order chi connectivity index (χ0) is 20.2. The first-order valence-corrected chi connectivity index (χ1v) is 10.9. The first-order chi connectivity index (χ1) is 14.2. The summed E-state index contributed by atoms with van der Waals surface area (Å²) in [5, 5.41) is 14.4. The van der Waals surface area contributed by atoms with Gasteiger partial charge in [-0.25, -0.2) is 4.99 Å². The summed E-state index contributed by atoms with van der Waals surface area (Å²) in [6, 6.07) is 12.9. The van der Waals surface area contributed by atoms with E-state index in [1.54, 1.807) is 16.2 Å². The Kier molecular flexibility index (Phi) is 5.74. The number of amidine groups is 2. The molecule has 1 unspecified atom stereocenters. The number of nitrogens with zero attached hydrogens (tertiary/aromatic N) is 4. The molecule has 0 saturated carbocycles. The summed E-state index contributed by atoms with van der Waals surface area (Å²) < 4.78 is 0. The molecule has 1 aromatic heterocycles. The second-order valence-electron chi connectivity index (χ2n) is 6.41. The number of nitriles is 1. The van der Waals surface area contributed by atoms with Gasteiger partial charge >= 0.3 is 0 Å². The molecule has 0 bridgehead atoms. The van der Waals surface area contributed by atoms with E-state index in [2.05, 4.69) is 21.4 Å². The third-order valence-electron chi connectivity index (χ3n) is 4.56. The lowest BCUT2D eigenvalue weighted by Gasteiger charge is -2.30. The normalized spacial score (nSPS) is 17.1. The van der Waals surface area contributed by atoms with Gasteiger partial charge in [-0.1, -0.05) is 30.0 Å². The number of hydrogen-bond acceptors (Lipinski definition) is 7. The van der Waals surface area contributed by atoms with E-state index in [9.17, 15) is 9.59 Å². The Hall–Kier alpha value is -2.96. The number of amides is 2. The second-order valence-corrected chi connectivity index (χ2v) is 8.39. The third-order valence-corrected chi connectivity index (χ3v) is 6.25. The summed E-state index contributed by atoms with van der Waals surface area (Å²) in [5.74, 6) is 0.366. The van der Waals surface area contributed by atoms with Crippen LogP contribution in [0.5, 0.6) is 0 Å². The first-order valence-electron chi connectivity index (χ1n) is 9.06. The number of carbonyl (C=O) groups excluding carboxylic acids is 2. The maximum atomic E-state index is 12.6. The Morgan fingerprint density at radius 1 is 1.28 bits per heavy atom. The summed E-state index contributed by atoms with van der Waals surface area (Å²) in [6.07, 6.45) is 0.537. The predicted molar refractivity (Wildman–Crippen MR) is 114 cm³/mol. The zero-order valence-corrected chi connectivity index (χ0v) is 17.0. The molecule has 0 aliphatic carbocycles. The van der Waals surface area contributed by atoms with E-state index < -0.39 is 6.04 Å². The molecule has 29 heavy (non-hydrogen) atoms. The average Bonchev–Trinajstić information content (AvgIpc) is 3.36. The van der Waals surface area contributed by atoms with Crippen LogP contribution < -0.4 is 5.32 Å². The van der Waals surface area contributed by atoms with Crippen LogP contribution in [-0.4, -0.2) is 39.5 Å². The highest BCUT2D eigenvalue weighted by Crippen LogP contribution is 2.35. The van der Waals surface area contributed by atoms with Crippen LogP contribution in [0, 0.1) is 11.3 Å². The van der Waals surface area contributed by atoms with Gasteiger partial charge in [0.15, 0.2) is 5.17 Å². The van der Waals surface area contributed by atoms with Crippen molar-refractivity contribution in [3.8, 4) is 6.07 Å². The van der Waals surface area contributed by atoms with E-state index in [4.69, 9.17) is 5.26 Å². The lowest BCUT2D eigenvalue weighted by molar-refractivity contribution is -0.122. The van der Waals surface area contributed by atoms with Crippen molar-refractivity contribution in [1.82, 2.24) is 10.2 Å². The molecular formula is C20H17N5O2S2. The fourth-order valence-electron chi connectivity index (χ4n) is 3.23. The molecule has 0 spiro atoms. The van der Waals surface area contributed by atoms with Crippen LogP contribution >= 0.6 is 23.1 Å². The Balaban J connectivity index is 1.48. The van der Waals surface area contributed by atoms with Crippen LogP contribution in [0.15, 0.2) is 51.8 Å². The van der Waals surface area contributed by atoms with Gasteiger partial charge in [0.1, 0.15) is 11.9 Å². The predicted octanol–water partition coefficient (Wildman–Crippen LogP) is 3.06. The fourth-order valence-corrected chi connectivity index (χ4v) is 4.58. The number of para-hydroxylation sites is 1. The second kappa shape index (κ2) is 8.59. The fraction of sp³-hybridized carbons (Fsp3) is 0.250. The molecule has 2 aromatic rings. The van der Waals surface area contributed by atoms with Crippen molar-refractivity contribution in [2.75, 3.05) is 5.75 Å². The number of thioether (sulfide) groups is 1. The number of benzene rings is 1. The van der Waals surface area contributed by atoms with Gasteiger partial charge in [0.25, 0.3) is 5.91 Å². The monoisotopic (exact) mass is 423 g/mol. The summed E-state index contributed by atoms with van der Waals surface area (Å²) >= 11 is 2.85. The van der Waals surface area contributed by atoms with E-state index in [1.807, 2.05) is 41.8 Å². The van der Waals surface area contributed by atoms with Gasteiger partial charge in [0.2, 0.25) is 5.91 Å². The van der Waals surface area contributed by atoms with E-state index in [1.165, 1.54) is 11.8 Å². The minimum atomic E-state index is -0.587. The molecule has 2 aliphatic rings. The van der Waals surface area contributed by atoms with Crippen LogP contribution in [0.3, 0.4) is 0 Å². The molecule has 0 saturated heterocycles. The molecule has 9 heteroatoms. The number of fused-ring (bicyclic) bond motifs is 3. The molecule has 2 aliphatic heterocycles. The average molecular weight is 424 g/mol. The molecule has 1 aromatic carbocycles. The largest absolute Gasteiger partial charge is 0.351 e. The van der Waals surface area contributed by atoms with Crippen LogP contribution in [0.4, 0.5) is 5.69 Å². The van der Waals surface area contributed by atoms with Crippen molar-refractivity contribution >= 4 is 51.6 Å². The maximum Gasteiger partial charge on any atom is 0.270 e. The molecule has 7 nitrogen and oxygen atoms in total. The highest BCUT2D eigenvalue weighted by Gasteiger charge is 2.41. The van der Waals surface area contributed by atoms with Crippen molar-refractivity contribution in [3.05, 3.63) is 52.2 Å². The van der Waals surface area contributed by atoms with Gasteiger partial charge < -0.3 is 5.32 Å². The lowest BCUT2D eigenvalue weighted by Crippen LogP contribution is -2.44. The van der Waals surface area contributed by atoms with Crippen LogP contribution in [-0.2, 0) is 16.1 Å². The SMILES string of the molecule is N#CCSC1=Nc2ccccc2C2=NC(=O)C(CCC(=O)NCc3cccs3)N12. The summed E-state index contributed by atoms with van der Waals surface area (Å²) in [4.78, 5) is 36.6. The summed E-state index contributed by atoms with van der Waals surface area (Å²) in [5.41, 5.74) is 1.51. The molecule has 1 atom stereocenters. The first kappa shape index (κ1) is 19.4. The quantitative estimate of drug-likeness (QED) is 0.770. The van der Waals surface area contributed by atoms with Crippen molar-refractivity contribution < 1.29 is 9.59 Å². The number of aliphatic imine (C=N–C) groups is 2. The number of rotatable bonds is 6. The Labute approximate surface area is 176 Å². The van der Waals surface area contributed by atoms with E-state index in [0.717, 1.165) is 16.1 Å². The van der Waals surface area contributed by atoms with Crippen LogP contribution in [0.2, 0.25) is 0 Å². The van der Waals surface area contributed by atoms with Crippen molar-refractivity contribution in [3.63, 3.8) is 0 Å². The van der Waals surface area contributed by atoms with Crippen LogP contribution in [0.25, 0.3) is 0 Å². The van der Waals surface area contributed by atoms with Gasteiger partial charge in [-0.3, -0.25) is 14.5 Å². The minimum absolute atomic E-state index is 0.111. The molecule has 0 fully saturated rings. The number of hydrogen-bond donors (Lipinski definition) is 1. The standard InChI is InChI=1S/C20H17N5O2S2/c21-9-11-29-20-23-15-6-2-1-5-14(15)18-24-19(27)16(25(18)20)7-8-17(26)22-12-13-4-3-10-28-13/h1-6,10,16H,7-8,11-12H2,(H,22,26). The number of carbonyl (C=O) groups is 2. The van der Waals surface area contributed by atoms with E-state index in [0.29, 0.717) is 24.0 Å². The van der Waals surface area contributed by atoms with Gasteiger partial charge in [-0.05, 0) is 30.0 Å². The van der Waals surface area contributed by atoms with Crippen LogP contribution in [0.1, 0.15) is 23.3 Å². The molecule has 3 heterocycles. The lowest BCUT2D eigenvalue weighted by atomic mass is 10.1. The maximum absolute atomic E-state index is 12.6. The Morgan fingerprint density at radius 3 is 2.93 bits per heavy atom. The molecule has 4 rings (SSSR count). The molecular weight excluding hydrogens is 406 g/mol. The van der Waals surface area contributed by atoms with E-state index in [-0.39, 0.29) is 24.0 Å². The van der Waals surface area contributed by atoms with Gasteiger partial charge in [0, 0.05) is 16.9 Å². The summed E-state index contributed by atoms with van der Waals surface area (Å²) in [7, 11) is 0. The molecule has 1 N–H and O–H groups in total. The van der Waals surface area contributed by atoms with Gasteiger partial charge in [-0.2, -0.15) is 10.3 Å². The van der Waals surface area contributed by atoms with Gasteiger partial charge in [-0.15, -0.1) is 11.3 Å². The highest BCUT2D eigenvalue weighted by atomic mass is 32.2. The van der Waals surface area contributed by atoms with E-state index >= 15 is 0 Å². The molecule has 2 amide bonds. The molecule has 0 radical (unpaired) electrons. The van der Waals surface area contributed by atoms with Gasteiger partial charge in [0.05, 0.1) is 24.1 Å². The summed E-state index contributed by atoms with van der Waals surface area (Å²) in [6.45, 7) is 0.485. The third kappa shape index (κ3) is 4.09. The topological polar surface area (TPSA) is 97.9 Å². The minimum Gasteiger partial charge on any atom is -0.351 e. The highest BCUT2D eigenvalue weighted by molar-refractivity contribution is 8.14. The smallest absolute Gasteiger partial charge is 0.270 e.